The van der Waals surface area contributed by atoms with E-state index in [4.69, 9.17) is 4.74 Å². The highest BCUT2D eigenvalue weighted by Gasteiger charge is 2.22. The summed E-state index contributed by atoms with van der Waals surface area (Å²) in [6.07, 6.45) is 3.07. The number of hydrogen-bond acceptors (Lipinski definition) is 2. The van der Waals surface area contributed by atoms with Gasteiger partial charge in [0.25, 0.3) is 0 Å². The van der Waals surface area contributed by atoms with Gasteiger partial charge in [-0.1, -0.05) is 42.5 Å². The van der Waals surface area contributed by atoms with E-state index in [1.54, 1.807) is 6.08 Å². The molecule has 0 aliphatic carbocycles. The van der Waals surface area contributed by atoms with Crippen LogP contribution in [-0.2, 0) is 4.74 Å². The van der Waals surface area contributed by atoms with Crippen molar-refractivity contribution in [2.75, 3.05) is 0 Å². The van der Waals surface area contributed by atoms with Crippen molar-refractivity contribution in [3.63, 3.8) is 0 Å². The summed E-state index contributed by atoms with van der Waals surface area (Å²) in [6, 6.07) is 10.0. The zero-order valence-electron chi connectivity index (χ0n) is 8.13. The van der Waals surface area contributed by atoms with Gasteiger partial charge in [0.05, 0.1) is 12.2 Å². The summed E-state index contributed by atoms with van der Waals surface area (Å²) in [5, 5.41) is 9.43. The Morgan fingerprint density at radius 1 is 1.14 bits per heavy atom. The maximum Gasteiger partial charge on any atom is 0.101 e. The molecule has 1 heterocycles. The van der Waals surface area contributed by atoms with E-state index >= 15 is 0 Å². The minimum Gasteiger partial charge on any atom is -0.386 e. The second kappa shape index (κ2) is 3.95. The topological polar surface area (TPSA) is 29.5 Å². The molecule has 0 saturated heterocycles. The molecule has 3 atom stereocenters. The van der Waals surface area contributed by atoms with Gasteiger partial charge < -0.3 is 9.84 Å². The lowest BCUT2D eigenvalue weighted by Crippen LogP contribution is -2.29. The Labute approximate surface area is 83.8 Å². The molecule has 2 nitrogen and oxygen atoms in total. The highest BCUT2D eigenvalue weighted by atomic mass is 16.5. The Morgan fingerprint density at radius 2 is 1.86 bits per heavy atom. The summed E-state index contributed by atoms with van der Waals surface area (Å²) in [7, 11) is 0. The van der Waals surface area contributed by atoms with Crippen LogP contribution in [0.4, 0.5) is 0 Å². The van der Waals surface area contributed by atoms with E-state index in [2.05, 4.69) is 0 Å². The van der Waals surface area contributed by atoms with Gasteiger partial charge in [-0.05, 0) is 12.5 Å². The van der Waals surface area contributed by atoms with Crippen molar-refractivity contribution in [3.05, 3.63) is 48.0 Å². The van der Waals surface area contributed by atoms with Crippen LogP contribution in [0.25, 0.3) is 0 Å². The van der Waals surface area contributed by atoms with Gasteiger partial charge in [0, 0.05) is 0 Å². The monoisotopic (exact) mass is 190 g/mol. The van der Waals surface area contributed by atoms with Crippen LogP contribution in [-0.4, -0.2) is 17.3 Å². The van der Waals surface area contributed by atoms with Crippen molar-refractivity contribution in [3.8, 4) is 0 Å². The van der Waals surface area contributed by atoms with Crippen molar-refractivity contribution in [2.24, 2.45) is 0 Å². The summed E-state index contributed by atoms with van der Waals surface area (Å²) < 4.78 is 5.65. The average molecular weight is 190 g/mol. The number of aliphatic hydroxyl groups excluding tert-OH is 1. The molecule has 0 bridgehead atoms. The fourth-order valence-corrected chi connectivity index (χ4v) is 1.56. The summed E-state index contributed by atoms with van der Waals surface area (Å²) in [5.74, 6) is 0. The predicted molar refractivity (Wildman–Crippen MR) is 54.9 cm³/mol. The van der Waals surface area contributed by atoms with Crippen LogP contribution < -0.4 is 0 Å². The highest BCUT2D eigenvalue weighted by Crippen LogP contribution is 2.25. The van der Waals surface area contributed by atoms with E-state index in [1.165, 1.54) is 0 Å². The Morgan fingerprint density at radius 3 is 2.50 bits per heavy atom. The fraction of sp³-hybridized carbons (Fsp3) is 0.333. The third kappa shape index (κ3) is 1.86. The largest absolute Gasteiger partial charge is 0.386 e. The number of aliphatic hydroxyl groups is 1. The average Bonchev–Trinajstić information content (AvgIpc) is 2.23. The molecule has 0 saturated carbocycles. The van der Waals surface area contributed by atoms with Gasteiger partial charge in [-0.25, -0.2) is 0 Å². The standard InChI is InChI=1S/C12H14O2/c1-9-11(13)7-8-12(14-9)10-5-3-2-4-6-10/h2-9,11-13H,1H3/t9-,11-,12+/m0/s1. The van der Waals surface area contributed by atoms with Gasteiger partial charge in [0.15, 0.2) is 0 Å². The maximum atomic E-state index is 9.43. The molecule has 0 aromatic heterocycles. The molecule has 1 aliphatic heterocycles. The van der Waals surface area contributed by atoms with Crippen molar-refractivity contribution in [2.45, 2.75) is 25.2 Å². The molecule has 2 rings (SSSR count). The van der Waals surface area contributed by atoms with Gasteiger partial charge in [-0.15, -0.1) is 0 Å². The molecule has 0 radical (unpaired) electrons. The van der Waals surface area contributed by atoms with Crippen molar-refractivity contribution in [1.82, 2.24) is 0 Å². The molecule has 1 N–H and O–H groups in total. The molecule has 0 amide bonds. The second-order valence-electron chi connectivity index (χ2n) is 3.55. The molecule has 1 aliphatic rings. The first kappa shape index (κ1) is 9.44. The van der Waals surface area contributed by atoms with E-state index in [0.717, 1.165) is 5.56 Å². The van der Waals surface area contributed by atoms with Crippen molar-refractivity contribution >= 4 is 0 Å². The molecule has 0 unspecified atom stereocenters. The van der Waals surface area contributed by atoms with Crippen molar-refractivity contribution < 1.29 is 9.84 Å². The molecule has 0 fully saturated rings. The number of rotatable bonds is 1. The molecule has 1 aromatic rings. The van der Waals surface area contributed by atoms with E-state index in [1.807, 2.05) is 43.3 Å². The zero-order valence-corrected chi connectivity index (χ0v) is 8.13. The highest BCUT2D eigenvalue weighted by molar-refractivity contribution is 5.23. The lowest BCUT2D eigenvalue weighted by Gasteiger charge is -2.27. The molecule has 0 spiro atoms. The Kier molecular flexibility index (Phi) is 2.66. The van der Waals surface area contributed by atoms with Crippen LogP contribution in [0.5, 0.6) is 0 Å². The molecule has 1 aromatic carbocycles. The van der Waals surface area contributed by atoms with E-state index in [9.17, 15) is 5.11 Å². The Balaban J connectivity index is 2.18. The van der Waals surface area contributed by atoms with Crippen LogP contribution in [0.1, 0.15) is 18.6 Å². The molecular formula is C12H14O2. The first-order chi connectivity index (χ1) is 6.77. The lowest BCUT2D eigenvalue weighted by atomic mass is 10.0. The Hall–Kier alpha value is -1.12. The zero-order chi connectivity index (χ0) is 9.97. The van der Waals surface area contributed by atoms with Gasteiger partial charge in [-0.3, -0.25) is 0 Å². The normalized spacial score (nSPS) is 31.7. The van der Waals surface area contributed by atoms with E-state index in [0.29, 0.717) is 0 Å². The fourth-order valence-electron chi connectivity index (χ4n) is 1.56. The first-order valence-electron chi connectivity index (χ1n) is 4.84. The first-order valence-corrected chi connectivity index (χ1v) is 4.84. The van der Waals surface area contributed by atoms with Gasteiger partial charge in [0.1, 0.15) is 6.10 Å². The van der Waals surface area contributed by atoms with Gasteiger partial charge in [0.2, 0.25) is 0 Å². The van der Waals surface area contributed by atoms with Crippen LogP contribution in [0.15, 0.2) is 42.5 Å². The molecular weight excluding hydrogens is 176 g/mol. The van der Waals surface area contributed by atoms with Crippen LogP contribution >= 0.6 is 0 Å². The van der Waals surface area contributed by atoms with Crippen LogP contribution in [0.2, 0.25) is 0 Å². The van der Waals surface area contributed by atoms with E-state index in [-0.39, 0.29) is 12.2 Å². The second-order valence-corrected chi connectivity index (χ2v) is 3.55. The number of hydrogen-bond donors (Lipinski definition) is 1. The minimum atomic E-state index is -0.477. The summed E-state index contributed by atoms with van der Waals surface area (Å²) >= 11 is 0. The Bertz CT molecular complexity index is 318. The number of ether oxygens (including phenoxy) is 1. The molecule has 14 heavy (non-hydrogen) atoms. The summed E-state index contributed by atoms with van der Waals surface area (Å²) in [4.78, 5) is 0. The quantitative estimate of drug-likeness (QED) is 0.687. The van der Waals surface area contributed by atoms with E-state index < -0.39 is 6.10 Å². The summed E-state index contributed by atoms with van der Waals surface area (Å²) in [6.45, 7) is 1.88. The predicted octanol–water partition coefficient (Wildman–Crippen LogP) is 2.06. The van der Waals surface area contributed by atoms with Gasteiger partial charge >= 0.3 is 0 Å². The summed E-state index contributed by atoms with van der Waals surface area (Å²) in [5.41, 5.74) is 1.13. The molecule has 74 valence electrons. The van der Waals surface area contributed by atoms with Crippen LogP contribution in [0.3, 0.4) is 0 Å². The minimum absolute atomic E-state index is 0.0189. The van der Waals surface area contributed by atoms with Gasteiger partial charge in [-0.2, -0.15) is 0 Å². The number of benzene rings is 1. The maximum absolute atomic E-state index is 9.43. The van der Waals surface area contributed by atoms with Crippen molar-refractivity contribution in [1.29, 1.82) is 0 Å². The van der Waals surface area contributed by atoms with Crippen LogP contribution in [0, 0.1) is 0 Å². The third-order valence-electron chi connectivity index (χ3n) is 2.45. The smallest absolute Gasteiger partial charge is 0.101 e. The lowest BCUT2D eigenvalue weighted by molar-refractivity contribution is -0.0469. The SMILES string of the molecule is C[C@@H]1O[C@@H](c2ccccc2)C=C[C@@H]1O. The third-order valence-corrected chi connectivity index (χ3v) is 2.45. The molecule has 2 heteroatoms.